The summed E-state index contributed by atoms with van der Waals surface area (Å²) in [5, 5.41) is 20.9. The Labute approximate surface area is 110 Å². The van der Waals surface area contributed by atoms with Crippen molar-refractivity contribution in [2.75, 3.05) is 0 Å². The van der Waals surface area contributed by atoms with Crippen LogP contribution in [-0.4, -0.2) is 19.8 Å². The summed E-state index contributed by atoms with van der Waals surface area (Å²) in [7, 11) is 0. The predicted molar refractivity (Wildman–Crippen MR) is 70.9 cm³/mol. The Bertz CT molecular complexity index is 680. The molecule has 0 amide bonds. The highest BCUT2D eigenvalue weighted by Gasteiger charge is 2.41. The first-order chi connectivity index (χ1) is 9.18. The summed E-state index contributed by atoms with van der Waals surface area (Å²) in [4.78, 5) is 4.28. The smallest absolute Gasteiger partial charge is 0.204 e. The van der Waals surface area contributed by atoms with E-state index in [0.717, 1.165) is 23.1 Å². The van der Waals surface area contributed by atoms with Crippen molar-refractivity contribution in [3.8, 4) is 17.6 Å². The zero-order valence-electron chi connectivity index (χ0n) is 10.5. The maximum atomic E-state index is 10.5. The molecule has 0 spiro atoms. The normalized spacial score (nSPS) is 23.0. The van der Waals surface area contributed by atoms with Crippen LogP contribution in [0.5, 0.6) is 11.8 Å². The van der Waals surface area contributed by atoms with Crippen molar-refractivity contribution in [3.05, 3.63) is 47.2 Å². The van der Waals surface area contributed by atoms with Crippen LogP contribution in [0.25, 0.3) is 5.82 Å². The molecule has 2 heterocycles. The Morgan fingerprint density at radius 3 is 2.37 bits per heavy atom. The number of fused-ring (bicyclic) bond motifs is 5. The summed E-state index contributed by atoms with van der Waals surface area (Å²) < 4.78 is 1.46. The molecule has 4 rings (SSSR count). The Balaban J connectivity index is 2.00. The van der Waals surface area contributed by atoms with E-state index in [-0.39, 0.29) is 23.6 Å². The zero-order valence-corrected chi connectivity index (χ0v) is 10.5. The highest BCUT2D eigenvalue weighted by atomic mass is 16.3. The van der Waals surface area contributed by atoms with Crippen molar-refractivity contribution in [2.24, 2.45) is 0 Å². The Morgan fingerprint density at radius 2 is 1.79 bits per heavy atom. The largest absolute Gasteiger partial charge is 0.494 e. The van der Waals surface area contributed by atoms with Crippen LogP contribution in [0.1, 0.15) is 34.9 Å². The molecule has 0 aliphatic heterocycles. The number of hydrogen-bond donors (Lipinski definition) is 2. The van der Waals surface area contributed by atoms with E-state index >= 15 is 0 Å². The number of pyridine rings is 1. The molecule has 0 saturated carbocycles. The van der Waals surface area contributed by atoms with Crippen LogP contribution in [0.2, 0.25) is 0 Å². The van der Waals surface area contributed by atoms with Crippen LogP contribution in [0.15, 0.2) is 30.5 Å². The molecule has 0 aromatic carbocycles. The van der Waals surface area contributed by atoms with E-state index in [1.54, 1.807) is 6.20 Å². The second kappa shape index (κ2) is 3.41. The summed E-state index contributed by atoms with van der Waals surface area (Å²) in [6.45, 7) is 1.92. The first kappa shape index (κ1) is 10.7. The lowest BCUT2D eigenvalue weighted by molar-refractivity contribution is 0.393. The van der Waals surface area contributed by atoms with E-state index in [4.69, 9.17) is 0 Å². The van der Waals surface area contributed by atoms with Gasteiger partial charge in [0.1, 0.15) is 5.82 Å². The van der Waals surface area contributed by atoms with Gasteiger partial charge in [0.05, 0.1) is 0 Å². The van der Waals surface area contributed by atoms with Gasteiger partial charge >= 0.3 is 0 Å². The molecule has 4 heteroatoms. The van der Waals surface area contributed by atoms with E-state index in [1.807, 2.05) is 19.1 Å². The van der Waals surface area contributed by atoms with Gasteiger partial charge in [0.15, 0.2) is 0 Å². The van der Waals surface area contributed by atoms with Gasteiger partial charge in [0.25, 0.3) is 0 Å². The van der Waals surface area contributed by atoms with E-state index in [9.17, 15) is 10.2 Å². The minimum atomic E-state index is 0.131. The quantitative estimate of drug-likeness (QED) is 0.769. The second-order valence-electron chi connectivity index (χ2n) is 5.29. The fourth-order valence-corrected chi connectivity index (χ4v) is 3.35. The third-order valence-corrected chi connectivity index (χ3v) is 4.21. The standard InChI is InChI=1S/C15H14N2O2/c1-8-3-2-6-16-13(8)17-14(18)11-9-4-5-10(7-9)12(11)15(17)19/h2-6,9-10,18-19H,7H2,1H3. The second-order valence-corrected chi connectivity index (χ2v) is 5.29. The van der Waals surface area contributed by atoms with Crippen LogP contribution in [0.3, 0.4) is 0 Å². The number of aryl methyl sites for hydroxylation is 1. The maximum absolute atomic E-state index is 10.5. The van der Waals surface area contributed by atoms with Crippen LogP contribution in [-0.2, 0) is 0 Å². The Kier molecular flexibility index (Phi) is 1.91. The molecule has 2 bridgehead atoms. The lowest BCUT2D eigenvalue weighted by Crippen LogP contribution is -2.00. The van der Waals surface area contributed by atoms with Crippen molar-refractivity contribution in [2.45, 2.75) is 25.2 Å². The van der Waals surface area contributed by atoms with Gasteiger partial charge in [-0.3, -0.25) is 0 Å². The van der Waals surface area contributed by atoms with Gasteiger partial charge in [-0.05, 0) is 25.0 Å². The highest BCUT2D eigenvalue weighted by molar-refractivity contribution is 5.61. The van der Waals surface area contributed by atoms with Gasteiger partial charge in [-0.15, -0.1) is 0 Å². The molecule has 4 nitrogen and oxygen atoms in total. The third-order valence-electron chi connectivity index (χ3n) is 4.21. The van der Waals surface area contributed by atoms with Crippen LogP contribution < -0.4 is 0 Å². The summed E-state index contributed by atoms with van der Waals surface area (Å²) in [5.74, 6) is 1.32. The average Bonchev–Trinajstić information content (AvgIpc) is 3.06. The number of allylic oxidation sites excluding steroid dienone is 2. The maximum Gasteiger partial charge on any atom is 0.204 e. The molecule has 2 aliphatic rings. The van der Waals surface area contributed by atoms with Gasteiger partial charge in [-0.1, -0.05) is 18.2 Å². The SMILES string of the molecule is Cc1cccnc1-n1c(O)c2c(c1O)C1C=CC2C1. The molecular formula is C15H14N2O2. The van der Waals surface area contributed by atoms with Gasteiger partial charge in [0.2, 0.25) is 11.8 Å². The molecule has 2 aromatic rings. The number of hydrogen-bond acceptors (Lipinski definition) is 3. The zero-order chi connectivity index (χ0) is 13.1. The van der Waals surface area contributed by atoms with E-state index < -0.39 is 0 Å². The van der Waals surface area contributed by atoms with Crippen LogP contribution in [0.4, 0.5) is 0 Å². The van der Waals surface area contributed by atoms with E-state index in [1.165, 1.54) is 4.57 Å². The predicted octanol–water partition coefficient (Wildman–Crippen LogP) is 2.73. The monoisotopic (exact) mass is 254 g/mol. The van der Waals surface area contributed by atoms with Crippen molar-refractivity contribution >= 4 is 0 Å². The molecule has 0 radical (unpaired) electrons. The Hall–Kier alpha value is -2.23. The number of rotatable bonds is 1. The minimum Gasteiger partial charge on any atom is -0.494 e. The number of aromatic hydroxyl groups is 2. The summed E-state index contributed by atoms with van der Waals surface area (Å²) in [6.07, 6.45) is 6.86. The molecule has 2 aromatic heterocycles. The first-order valence-electron chi connectivity index (χ1n) is 6.45. The van der Waals surface area contributed by atoms with Crippen molar-refractivity contribution in [1.82, 2.24) is 9.55 Å². The molecule has 0 fully saturated rings. The molecule has 2 aliphatic carbocycles. The molecule has 19 heavy (non-hydrogen) atoms. The van der Waals surface area contributed by atoms with E-state index in [0.29, 0.717) is 5.82 Å². The number of nitrogens with zero attached hydrogens (tertiary/aromatic N) is 2. The summed E-state index contributed by atoms with van der Waals surface area (Å²) in [6, 6.07) is 3.76. The first-order valence-corrected chi connectivity index (χ1v) is 6.45. The summed E-state index contributed by atoms with van der Waals surface area (Å²) in [5.41, 5.74) is 2.66. The van der Waals surface area contributed by atoms with E-state index in [2.05, 4.69) is 17.1 Å². The van der Waals surface area contributed by atoms with Crippen LogP contribution in [0, 0.1) is 6.92 Å². The third kappa shape index (κ3) is 1.21. The molecule has 96 valence electrons. The Morgan fingerprint density at radius 1 is 1.16 bits per heavy atom. The lowest BCUT2D eigenvalue weighted by Gasteiger charge is -2.10. The molecule has 2 N–H and O–H groups in total. The molecule has 2 unspecified atom stereocenters. The fraction of sp³-hybridized carbons (Fsp3) is 0.267. The highest BCUT2D eigenvalue weighted by Crippen LogP contribution is 2.57. The average molecular weight is 254 g/mol. The van der Waals surface area contributed by atoms with Crippen molar-refractivity contribution in [1.29, 1.82) is 0 Å². The minimum absolute atomic E-state index is 0.131. The van der Waals surface area contributed by atoms with Gasteiger partial charge in [-0.2, -0.15) is 0 Å². The lowest BCUT2D eigenvalue weighted by atomic mass is 10.0. The summed E-state index contributed by atoms with van der Waals surface area (Å²) >= 11 is 0. The van der Waals surface area contributed by atoms with Gasteiger partial charge < -0.3 is 10.2 Å². The molecular weight excluding hydrogens is 240 g/mol. The molecule has 0 saturated heterocycles. The van der Waals surface area contributed by atoms with Crippen molar-refractivity contribution < 1.29 is 10.2 Å². The molecule has 2 atom stereocenters. The van der Waals surface area contributed by atoms with Crippen LogP contribution >= 0.6 is 0 Å². The topological polar surface area (TPSA) is 58.3 Å². The van der Waals surface area contributed by atoms with Gasteiger partial charge in [0, 0.05) is 29.2 Å². The fourth-order valence-electron chi connectivity index (χ4n) is 3.35. The van der Waals surface area contributed by atoms with Gasteiger partial charge in [-0.25, -0.2) is 9.55 Å². The number of aromatic nitrogens is 2. The van der Waals surface area contributed by atoms with Crippen molar-refractivity contribution in [3.63, 3.8) is 0 Å².